The van der Waals surface area contributed by atoms with Crippen molar-refractivity contribution in [1.29, 1.82) is 0 Å². The second kappa shape index (κ2) is 8.46. The Bertz CT molecular complexity index is 846. The second-order valence-corrected chi connectivity index (χ2v) is 7.45. The van der Waals surface area contributed by atoms with Gasteiger partial charge in [-0.2, -0.15) is 0 Å². The van der Waals surface area contributed by atoms with Gasteiger partial charge in [0.15, 0.2) is 0 Å². The van der Waals surface area contributed by atoms with Crippen molar-refractivity contribution >= 4 is 29.2 Å². The van der Waals surface area contributed by atoms with Gasteiger partial charge in [0.1, 0.15) is 11.6 Å². The van der Waals surface area contributed by atoms with Crippen molar-refractivity contribution in [1.82, 2.24) is 4.90 Å². The average molecular weight is 412 g/mol. The van der Waals surface area contributed by atoms with Gasteiger partial charge in [-0.15, -0.1) is 0 Å². The van der Waals surface area contributed by atoms with Gasteiger partial charge in [0, 0.05) is 12.1 Å². The molecule has 1 heterocycles. The van der Waals surface area contributed by atoms with Crippen LogP contribution in [0, 0.1) is 11.7 Å². The molecule has 2 atom stereocenters. The number of carboxylic acids is 1. The molecule has 0 radical (unpaired) electrons. The lowest BCUT2D eigenvalue weighted by atomic mass is 9.91. The quantitative estimate of drug-likeness (QED) is 0.749. The Labute approximate surface area is 167 Å². The molecular weight excluding hydrogens is 392 g/mol. The zero-order valence-corrected chi connectivity index (χ0v) is 16.3. The van der Waals surface area contributed by atoms with Gasteiger partial charge in [-0.05, 0) is 55.3 Å². The minimum atomic E-state index is -0.821. The predicted octanol–water partition coefficient (Wildman–Crippen LogP) is 5.03. The van der Waals surface area contributed by atoms with Crippen molar-refractivity contribution in [2.24, 2.45) is 5.92 Å². The Morgan fingerprint density at radius 2 is 2.04 bits per heavy atom. The largest absolute Gasteiger partial charge is 0.496 e. The van der Waals surface area contributed by atoms with E-state index in [1.165, 1.54) is 19.2 Å². The van der Waals surface area contributed by atoms with Crippen molar-refractivity contribution < 1.29 is 19.0 Å². The normalized spacial score (nSPS) is 18.9. The molecule has 1 aliphatic rings. The summed E-state index contributed by atoms with van der Waals surface area (Å²) in [5.74, 6) is -1.14. The maximum Gasteiger partial charge on any atom is 0.307 e. The van der Waals surface area contributed by atoms with Gasteiger partial charge in [-0.25, -0.2) is 4.39 Å². The Morgan fingerprint density at radius 1 is 1.26 bits per heavy atom. The van der Waals surface area contributed by atoms with E-state index in [1.54, 1.807) is 18.2 Å². The van der Waals surface area contributed by atoms with Crippen LogP contribution in [0.25, 0.3) is 0 Å². The third-order valence-electron chi connectivity index (χ3n) is 4.91. The van der Waals surface area contributed by atoms with E-state index >= 15 is 0 Å². The lowest BCUT2D eigenvalue weighted by molar-refractivity contribution is -0.143. The van der Waals surface area contributed by atoms with E-state index in [-0.39, 0.29) is 5.82 Å². The lowest BCUT2D eigenvalue weighted by Crippen LogP contribution is -2.41. The molecule has 144 valence electrons. The molecule has 1 N–H and O–H groups in total. The number of carboxylic acid groups (broad SMARTS) is 1. The number of hydrogen-bond donors (Lipinski definition) is 1. The average Bonchev–Trinajstić information content (AvgIpc) is 2.65. The van der Waals surface area contributed by atoms with Crippen LogP contribution in [0.1, 0.15) is 30.0 Å². The topological polar surface area (TPSA) is 49.8 Å². The van der Waals surface area contributed by atoms with Gasteiger partial charge >= 0.3 is 5.97 Å². The molecule has 7 heteroatoms. The van der Waals surface area contributed by atoms with Gasteiger partial charge in [0.2, 0.25) is 0 Å². The van der Waals surface area contributed by atoms with Crippen LogP contribution in [0.3, 0.4) is 0 Å². The van der Waals surface area contributed by atoms with E-state index in [2.05, 4.69) is 0 Å². The van der Waals surface area contributed by atoms with Crippen LogP contribution in [-0.2, 0) is 4.79 Å². The number of nitrogens with zero attached hydrogens (tertiary/aromatic N) is 1. The first-order chi connectivity index (χ1) is 12.9. The van der Waals surface area contributed by atoms with E-state index in [4.69, 9.17) is 27.9 Å². The summed E-state index contributed by atoms with van der Waals surface area (Å²) in [5, 5.41) is 10.3. The minimum absolute atomic E-state index is 0.361. The Kier molecular flexibility index (Phi) is 6.25. The molecule has 1 fully saturated rings. The summed E-state index contributed by atoms with van der Waals surface area (Å²) in [7, 11) is 1.53. The zero-order chi connectivity index (χ0) is 19.6. The maximum absolute atomic E-state index is 14.1. The number of aliphatic carboxylic acids is 1. The smallest absolute Gasteiger partial charge is 0.307 e. The number of rotatable bonds is 5. The van der Waals surface area contributed by atoms with Crippen LogP contribution in [0.5, 0.6) is 5.75 Å². The number of hydrogen-bond acceptors (Lipinski definition) is 3. The zero-order valence-electron chi connectivity index (χ0n) is 14.8. The monoisotopic (exact) mass is 411 g/mol. The molecule has 0 saturated carbocycles. The standard InChI is InChI=1S/C20H20Cl2FNO3/c1-27-18-7-5-14(23)10-15(18)19(12-4-6-16(21)17(22)9-12)24-8-2-3-13(11-24)20(25)26/h4-7,9-10,13,19H,2-3,8,11H2,1H3,(H,25,26). The summed E-state index contributed by atoms with van der Waals surface area (Å²) in [6, 6.07) is 9.20. The maximum atomic E-state index is 14.1. The van der Waals surface area contributed by atoms with E-state index in [0.29, 0.717) is 40.9 Å². The molecule has 1 saturated heterocycles. The second-order valence-electron chi connectivity index (χ2n) is 6.63. The summed E-state index contributed by atoms with van der Waals surface area (Å²) in [6.45, 7) is 1.05. The van der Waals surface area contributed by atoms with E-state index in [1.807, 2.05) is 11.0 Å². The number of benzene rings is 2. The van der Waals surface area contributed by atoms with Crippen LogP contribution in [-0.4, -0.2) is 36.2 Å². The summed E-state index contributed by atoms with van der Waals surface area (Å²) in [6.07, 6.45) is 1.37. The molecule has 0 spiro atoms. The third-order valence-corrected chi connectivity index (χ3v) is 5.65. The van der Waals surface area contributed by atoms with Crippen molar-refractivity contribution in [2.45, 2.75) is 18.9 Å². The van der Waals surface area contributed by atoms with Crippen molar-refractivity contribution in [3.8, 4) is 5.75 Å². The van der Waals surface area contributed by atoms with Crippen molar-refractivity contribution in [3.63, 3.8) is 0 Å². The third kappa shape index (κ3) is 4.37. The number of methoxy groups -OCH3 is 1. The molecule has 0 aromatic heterocycles. The van der Waals surface area contributed by atoms with Gasteiger partial charge in [0.25, 0.3) is 0 Å². The number of carbonyl (C=O) groups is 1. The molecule has 2 unspecified atom stereocenters. The molecule has 4 nitrogen and oxygen atoms in total. The Balaban J connectivity index is 2.10. The molecule has 2 aromatic rings. The van der Waals surface area contributed by atoms with Crippen LogP contribution in [0.4, 0.5) is 4.39 Å². The van der Waals surface area contributed by atoms with Crippen LogP contribution < -0.4 is 4.74 Å². The predicted molar refractivity (Wildman–Crippen MR) is 103 cm³/mol. The van der Waals surface area contributed by atoms with Crippen molar-refractivity contribution in [3.05, 3.63) is 63.4 Å². The molecule has 0 bridgehead atoms. The summed E-state index contributed by atoms with van der Waals surface area (Å²) in [5.41, 5.74) is 1.43. The molecule has 1 aliphatic heterocycles. The van der Waals surface area contributed by atoms with Gasteiger partial charge in [-0.3, -0.25) is 9.69 Å². The molecule has 27 heavy (non-hydrogen) atoms. The fourth-order valence-electron chi connectivity index (χ4n) is 3.63. The highest BCUT2D eigenvalue weighted by Crippen LogP contribution is 2.39. The SMILES string of the molecule is COc1ccc(F)cc1C(c1ccc(Cl)c(Cl)c1)N1CCCC(C(=O)O)C1. The minimum Gasteiger partial charge on any atom is -0.496 e. The van der Waals surface area contributed by atoms with Crippen LogP contribution in [0.15, 0.2) is 36.4 Å². The van der Waals surface area contributed by atoms with Gasteiger partial charge < -0.3 is 9.84 Å². The fraction of sp³-hybridized carbons (Fsp3) is 0.350. The van der Waals surface area contributed by atoms with E-state index in [9.17, 15) is 14.3 Å². The molecule has 0 aliphatic carbocycles. The van der Waals surface area contributed by atoms with Crippen molar-refractivity contribution in [2.75, 3.05) is 20.2 Å². The molecular formula is C20H20Cl2FNO3. The van der Waals surface area contributed by atoms with Gasteiger partial charge in [0.05, 0.1) is 29.1 Å². The van der Waals surface area contributed by atoms with Crippen LogP contribution in [0.2, 0.25) is 10.0 Å². The first-order valence-electron chi connectivity index (χ1n) is 8.66. The Morgan fingerprint density at radius 3 is 2.70 bits per heavy atom. The molecule has 3 rings (SSSR count). The highest BCUT2D eigenvalue weighted by Gasteiger charge is 2.33. The number of piperidine rings is 1. The number of ether oxygens (including phenoxy) is 1. The van der Waals surface area contributed by atoms with E-state index < -0.39 is 17.9 Å². The summed E-state index contributed by atoms with van der Waals surface area (Å²) >= 11 is 12.3. The highest BCUT2D eigenvalue weighted by atomic mass is 35.5. The lowest BCUT2D eigenvalue weighted by Gasteiger charge is -2.38. The first kappa shape index (κ1) is 19.9. The summed E-state index contributed by atoms with van der Waals surface area (Å²) in [4.78, 5) is 13.6. The first-order valence-corrected chi connectivity index (χ1v) is 9.41. The van der Waals surface area contributed by atoms with E-state index in [0.717, 1.165) is 12.0 Å². The van der Waals surface area contributed by atoms with Crippen LogP contribution >= 0.6 is 23.2 Å². The number of halogens is 3. The van der Waals surface area contributed by atoms with Gasteiger partial charge in [-0.1, -0.05) is 29.3 Å². The molecule has 2 aromatic carbocycles. The fourth-order valence-corrected chi connectivity index (χ4v) is 3.94. The summed E-state index contributed by atoms with van der Waals surface area (Å²) < 4.78 is 19.5. The number of likely N-dealkylation sites (tertiary alicyclic amines) is 1. The highest BCUT2D eigenvalue weighted by molar-refractivity contribution is 6.42. The Hall–Kier alpha value is -1.82. The molecule has 0 amide bonds.